The van der Waals surface area contributed by atoms with Crippen molar-refractivity contribution in [3.63, 3.8) is 0 Å². The first kappa shape index (κ1) is 22.7. The van der Waals surface area contributed by atoms with Crippen LogP contribution in [0.4, 0.5) is 0 Å². The molecule has 0 fully saturated rings. The molecule has 3 rings (SSSR count). The quantitative estimate of drug-likeness (QED) is 0.572. The number of hydrogen-bond acceptors (Lipinski definition) is 6. The van der Waals surface area contributed by atoms with E-state index >= 15 is 0 Å². The van der Waals surface area contributed by atoms with E-state index in [-0.39, 0.29) is 20.7 Å². The Kier molecular flexibility index (Phi) is 6.24. The molecule has 0 aliphatic rings. The van der Waals surface area contributed by atoms with Crippen LogP contribution in [0.25, 0.3) is 10.2 Å². The zero-order valence-corrected chi connectivity index (χ0v) is 19.6. The molecule has 0 bridgehead atoms. The average Bonchev–Trinajstić information content (AvgIpc) is 3.00. The number of nitrogens with one attached hydrogen (secondary N) is 1. The molecule has 0 saturated carbocycles. The molecule has 0 radical (unpaired) electrons. The minimum Gasteiger partial charge on any atom is -0.296 e. The van der Waals surface area contributed by atoms with E-state index in [1.807, 2.05) is 20.8 Å². The molecule has 0 aliphatic heterocycles. The molecule has 10 heteroatoms. The van der Waals surface area contributed by atoms with Gasteiger partial charge in [-0.25, -0.2) is 21.6 Å². The van der Waals surface area contributed by atoms with E-state index in [2.05, 4.69) is 4.72 Å². The van der Waals surface area contributed by atoms with E-state index in [4.69, 9.17) is 0 Å². The molecular formula is C20H24N2O5S3. The van der Waals surface area contributed by atoms with Crippen LogP contribution in [0.3, 0.4) is 0 Å². The van der Waals surface area contributed by atoms with Gasteiger partial charge in [0.05, 0.1) is 20.0 Å². The lowest BCUT2D eigenvalue weighted by Crippen LogP contribution is -2.28. The third kappa shape index (κ3) is 4.51. The van der Waals surface area contributed by atoms with Gasteiger partial charge in [0.1, 0.15) is 0 Å². The molecule has 7 nitrogen and oxygen atoms in total. The van der Waals surface area contributed by atoms with Crippen molar-refractivity contribution in [1.29, 1.82) is 0 Å². The standard InChI is InChI=1S/C20H24N2O5S3/c1-5-17(14-6-8-15(9-7-14)29(4,24)25)21-30(26,27)16-10-11-18-19(12-16)28-20(23)22(18)13(2)3/h6-13,17,21H,5H2,1-4H3. The second kappa shape index (κ2) is 8.26. The van der Waals surface area contributed by atoms with Gasteiger partial charge in [0, 0.05) is 18.3 Å². The molecule has 0 amide bonds. The van der Waals surface area contributed by atoms with Crippen LogP contribution in [0.2, 0.25) is 0 Å². The van der Waals surface area contributed by atoms with Crippen molar-refractivity contribution in [3.8, 4) is 0 Å². The summed E-state index contributed by atoms with van der Waals surface area (Å²) in [5, 5.41) is 0. The van der Waals surface area contributed by atoms with Crippen molar-refractivity contribution < 1.29 is 16.8 Å². The van der Waals surface area contributed by atoms with E-state index in [1.165, 1.54) is 24.3 Å². The summed E-state index contributed by atoms with van der Waals surface area (Å²) in [6.07, 6.45) is 1.61. The number of thiazole rings is 1. The van der Waals surface area contributed by atoms with Crippen LogP contribution in [0.5, 0.6) is 0 Å². The van der Waals surface area contributed by atoms with Gasteiger partial charge in [-0.1, -0.05) is 30.4 Å². The Morgan fingerprint density at radius 3 is 2.13 bits per heavy atom. The number of rotatable bonds is 7. The van der Waals surface area contributed by atoms with Crippen molar-refractivity contribution in [2.24, 2.45) is 0 Å². The van der Waals surface area contributed by atoms with E-state index < -0.39 is 25.9 Å². The van der Waals surface area contributed by atoms with Gasteiger partial charge in [0.25, 0.3) is 0 Å². The number of hydrogen-bond donors (Lipinski definition) is 1. The maximum absolute atomic E-state index is 13.0. The summed E-state index contributed by atoms with van der Waals surface area (Å²) in [6, 6.07) is 10.3. The lowest BCUT2D eigenvalue weighted by Gasteiger charge is -2.18. The van der Waals surface area contributed by atoms with Crippen LogP contribution in [-0.2, 0) is 19.9 Å². The fraction of sp³-hybridized carbons (Fsp3) is 0.350. The number of fused-ring (bicyclic) bond motifs is 1. The van der Waals surface area contributed by atoms with Gasteiger partial charge in [-0.3, -0.25) is 9.36 Å². The second-order valence-electron chi connectivity index (χ2n) is 7.38. The second-order valence-corrected chi connectivity index (χ2v) is 12.1. The summed E-state index contributed by atoms with van der Waals surface area (Å²) in [4.78, 5) is 12.4. The van der Waals surface area contributed by atoms with Crippen LogP contribution in [-0.4, -0.2) is 27.7 Å². The summed E-state index contributed by atoms with van der Waals surface area (Å²) < 4.78 is 54.2. The van der Waals surface area contributed by atoms with Gasteiger partial charge in [-0.2, -0.15) is 0 Å². The third-order valence-electron chi connectivity index (χ3n) is 4.83. The Labute approximate surface area is 180 Å². The first-order valence-electron chi connectivity index (χ1n) is 9.41. The van der Waals surface area contributed by atoms with Crippen LogP contribution in [0.15, 0.2) is 57.1 Å². The molecule has 0 spiro atoms. The van der Waals surface area contributed by atoms with E-state index in [9.17, 15) is 21.6 Å². The molecule has 1 atom stereocenters. The number of aromatic nitrogens is 1. The number of nitrogens with zero attached hydrogens (tertiary/aromatic N) is 1. The van der Waals surface area contributed by atoms with Crippen molar-refractivity contribution in [2.45, 2.75) is 49.1 Å². The van der Waals surface area contributed by atoms with E-state index in [0.717, 1.165) is 17.6 Å². The minimum atomic E-state index is -3.85. The fourth-order valence-electron chi connectivity index (χ4n) is 3.26. The van der Waals surface area contributed by atoms with Gasteiger partial charge in [-0.05, 0) is 56.2 Å². The maximum Gasteiger partial charge on any atom is 0.308 e. The largest absolute Gasteiger partial charge is 0.308 e. The van der Waals surface area contributed by atoms with Crippen molar-refractivity contribution >= 4 is 41.4 Å². The smallest absolute Gasteiger partial charge is 0.296 e. The van der Waals surface area contributed by atoms with Crippen molar-refractivity contribution in [2.75, 3.05) is 6.26 Å². The lowest BCUT2D eigenvalue weighted by atomic mass is 10.1. The van der Waals surface area contributed by atoms with Crippen LogP contribution >= 0.6 is 11.3 Å². The molecule has 2 aromatic carbocycles. The molecule has 1 heterocycles. The van der Waals surface area contributed by atoms with Crippen LogP contribution in [0, 0.1) is 0 Å². The summed E-state index contributed by atoms with van der Waals surface area (Å²) in [5.41, 5.74) is 1.38. The topological polar surface area (TPSA) is 102 Å². The Balaban J connectivity index is 1.93. The summed E-state index contributed by atoms with van der Waals surface area (Å²) in [6.45, 7) is 5.65. The number of sulfonamides is 1. The van der Waals surface area contributed by atoms with Crippen LogP contribution in [0.1, 0.15) is 44.8 Å². The average molecular weight is 469 g/mol. The normalized spacial score (nSPS) is 13.8. The molecule has 3 aromatic rings. The van der Waals surface area contributed by atoms with Gasteiger partial charge in [-0.15, -0.1) is 0 Å². The molecule has 30 heavy (non-hydrogen) atoms. The fourth-order valence-corrected chi connectivity index (χ4v) is 6.35. The number of benzene rings is 2. The van der Waals surface area contributed by atoms with E-state index in [0.29, 0.717) is 22.2 Å². The lowest BCUT2D eigenvalue weighted by molar-refractivity contribution is 0.550. The maximum atomic E-state index is 13.0. The predicted molar refractivity (Wildman–Crippen MR) is 119 cm³/mol. The minimum absolute atomic E-state index is 0.0220. The Hall–Kier alpha value is -2.01. The molecule has 1 unspecified atom stereocenters. The summed E-state index contributed by atoms with van der Waals surface area (Å²) in [7, 11) is -7.17. The van der Waals surface area contributed by atoms with Gasteiger partial charge in [0.2, 0.25) is 10.0 Å². The molecule has 1 N–H and O–H groups in total. The highest BCUT2D eigenvalue weighted by atomic mass is 32.2. The zero-order chi connectivity index (χ0) is 22.3. The van der Waals surface area contributed by atoms with Gasteiger partial charge < -0.3 is 0 Å². The monoisotopic (exact) mass is 468 g/mol. The van der Waals surface area contributed by atoms with Gasteiger partial charge >= 0.3 is 4.87 Å². The highest BCUT2D eigenvalue weighted by Gasteiger charge is 2.22. The third-order valence-corrected chi connectivity index (χ3v) is 8.34. The molecule has 162 valence electrons. The Morgan fingerprint density at radius 2 is 1.60 bits per heavy atom. The molecular weight excluding hydrogens is 444 g/mol. The predicted octanol–water partition coefficient (Wildman–Crippen LogP) is 3.48. The zero-order valence-electron chi connectivity index (χ0n) is 17.1. The van der Waals surface area contributed by atoms with Crippen molar-refractivity contribution in [1.82, 2.24) is 9.29 Å². The summed E-state index contributed by atoms with van der Waals surface area (Å²) in [5.74, 6) is 0. The molecule has 0 saturated heterocycles. The highest BCUT2D eigenvalue weighted by Crippen LogP contribution is 2.26. The highest BCUT2D eigenvalue weighted by molar-refractivity contribution is 7.90. The number of sulfone groups is 1. The first-order valence-corrected chi connectivity index (χ1v) is 13.6. The van der Waals surface area contributed by atoms with Crippen LogP contribution < -0.4 is 9.60 Å². The Morgan fingerprint density at radius 1 is 1.00 bits per heavy atom. The SMILES string of the molecule is CCC(NS(=O)(=O)c1ccc2c(c1)sc(=O)n2C(C)C)c1ccc(S(C)(=O)=O)cc1. The Bertz CT molecular complexity index is 1340. The van der Waals surface area contributed by atoms with Gasteiger partial charge in [0.15, 0.2) is 9.84 Å². The molecule has 0 aliphatic carbocycles. The molecule has 1 aromatic heterocycles. The summed E-state index contributed by atoms with van der Waals surface area (Å²) >= 11 is 1.02. The first-order chi connectivity index (χ1) is 13.9. The van der Waals surface area contributed by atoms with Crippen molar-refractivity contribution in [3.05, 3.63) is 57.7 Å². The van der Waals surface area contributed by atoms with E-state index in [1.54, 1.807) is 22.8 Å².